The molecular formula is C29H31ClN6O3. The van der Waals surface area contributed by atoms with Crippen LogP contribution in [0.15, 0.2) is 42.5 Å². The number of aromatic nitrogens is 4. The van der Waals surface area contributed by atoms with Crippen LogP contribution < -0.4 is 11.1 Å². The molecular weight excluding hydrogens is 516 g/mol. The summed E-state index contributed by atoms with van der Waals surface area (Å²) in [6.07, 6.45) is 4.88. The average Bonchev–Trinajstić information content (AvgIpc) is 3.40. The monoisotopic (exact) mass is 546 g/mol. The van der Waals surface area contributed by atoms with Gasteiger partial charge in [-0.2, -0.15) is 5.10 Å². The first-order valence-corrected chi connectivity index (χ1v) is 13.6. The Hall–Kier alpha value is -3.98. The quantitative estimate of drug-likeness (QED) is 0.221. The molecule has 0 saturated heterocycles. The summed E-state index contributed by atoms with van der Waals surface area (Å²) in [5.41, 5.74) is 9.01. The fourth-order valence-electron chi connectivity index (χ4n) is 5.22. The third-order valence-electron chi connectivity index (χ3n) is 7.43. The van der Waals surface area contributed by atoms with Crippen molar-refractivity contribution >= 4 is 46.0 Å². The number of carboxylic acids is 1. The summed E-state index contributed by atoms with van der Waals surface area (Å²) in [4.78, 5) is 33.6. The fourth-order valence-corrected chi connectivity index (χ4v) is 5.38. The maximum Gasteiger partial charge on any atom is 0.303 e. The number of nitrogens with one attached hydrogen (secondary N) is 1. The van der Waals surface area contributed by atoms with Crippen molar-refractivity contribution < 1.29 is 14.7 Å². The van der Waals surface area contributed by atoms with E-state index in [2.05, 4.69) is 17.2 Å². The number of hydrogen-bond donors (Lipinski definition) is 3. The van der Waals surface area contributed by atoms with Gasteiger partial charge in [-0.1, -0.05) is 62.1 Å². The summed E-state index contributed by atoms with van der Waals surface area (Å²) in [6.45, 7) is 4.72. The third-order valence-corrected chi connectivity index (χ3v) is 7.67. The first-order chi connectivity index (χ1) is 18.7. The molecule has 1 amide bonds. The van der Waals surface area contributed by atoms with Crippen molar-refractivity contribution in [1.82, 2.24) is 19.7 Å². The zero-order chi connectivity index (χ0) is 27.7. The highest BCUT2D eigenvalue weighted by atomic mass is 35.5. The number of aryl methyl sites for hydroxylation is 2. The largest absolute Gasteiger partial charge is 0.481 e. The second-order valence-corrected chi connectivity index (χ2v) is 10.6. The topological polar surface area (TPSA) is 136 Å². The number of fused-ring (bicyclic) bond motifs is 2. The molecule has 10 heteroatoms. The lowest BCUT2D eigenvalue weighted by atomic mass is 9.77. The molecule has 1 aliphatic rings. The molecule has 2 aromatic carbocycles. The van der Waals surface area contributed by atoms with Gasteiger partial charge in [-0.25, -0.2) is 9.97 Å². The lowest BCUT2D eigenvalue weighted by molar-refractivity contribution is -0.137. The summed E-state index contributed by atoms with van der Waals surface area (Å²) < 4.78 is 1.94. The van der Waals surface area contributed by atoms with Gasteiger partial charge in [0.05, 0.1) is 11.1 Å². The third kappa shape index (κ3) is 4.94. The minimum absolute atomic E-state index is 0.0406. The van der Waals surface area contributed by atoms with Gasteiger partial charge in [0.25, 0.3) is 0 Å². The van der Waals surface area contributed by atoms with Crippen LogP contribution >= 0.6 is 11.6 Å². The first-order valence-electron chi connectivity index (χ1n) is 13.2. The van der Waals surface area contributed by atoms with E-state index in [4.69, 9.17) is 32.5 Å². The molecule has 39 heavy (non-hydrogen) atoms. The lowest BCUT2D eigenvalue weighted by Crippen LogP contribution is -2.33. The van der Waals surface area contributed by atoms with Crippen LogP contribution in [0.3, 0.4) is 0 Å². The number of carbonyl (C=O) groups excluding carboxylic acids is 1. The summed E-state index contributed by atoms with van der Waals surface area (Å²) >= 11 is 6.31. The molecule has 9 nitrogen and oxygen atoms in total. The number of aliphatic carboxylic acids is 1. The molecule has 0 bridgehead atoms. The van der Waals surface area contributed by atoms with Gasteiger partial charge in [-0.3, -0.25) is 14.3 Å². The predicted octanol–water partition coefficient (Wildman–Crippen LogP) is 5.58. The van der Waals surface area contributed by atoms with Gasteiger partial charge in [0, 0.05) is 23.4 Å². The number of rotatable bonds is 10. The van der Waals surface area contributed by atoms with E-state index < -0.39 is 11.4 Å². The van der Waals surface area contributed by atoms with Crippen molar-refractivity contribution in [2.75, 3.05) is 11.1 Å². The lowest BCUT2D eigenvalue weighted by Gasteiger charge is -2.23. The smallest absolute Gasteiger partial charge is 0.303 e. The van der Waals surface area contributed by atoms with E-state index in [1.165, 1.54) is 6.42 Å². The number of carboxylic acid groups (broad SMARTS) is 1. The van der Waals surface area contributed by atoms with E-state index in [0.29, 0.717) is 34.3 Å². The van der Waals surface area contributed by atoms with Crippen LogP contribution in [0.4, 0.5) is 11.6 Å². The van der Waals surface area contributed by atoms with E-state index in [1.54, 1.807) is 6.92 Å². The molecule has 4 aromatic rings. The molecule has 0 saturated carbocycles. The number of amides is 1. The fraction of sp³-hybridized carbons (Fsp3) is 0.345. The predicted molar refractivity (Wildman–Crippen MR) is 152 cm³/mol. The van der Waals surface area contributed by atoms with Crippen molar-refractivity contribution in [3.8, 4) is 11.5 Å². The van der Waals surface area contributed by atoms with Crippen molar-refractivity contribution in [3.63, 3.8) is 0 Å². The number of unbranched alkanes of at least 4 members (excludes halogenated alkanes) is 3. The van der Waals surface area contributed by atoms with Crippen LogP contribution in [-0.4, -0.2) is 36.7 Å². The van der Waals surface area contributed by atoms with Gasteiger partial charge in [0.2, 0.25) is 5.91 Å². The Morgan fingerprint density at radius 1 is 1.13 bits per heavy atom. The zero-order valence-electron chi connectivity index (χ0n) is 22.0. The number of hydrogen-bond acceptors (Lipinski definition) is 6. The minimum atomic E-state index is -1.10. The van der Waals surface area contributed by atoms with Crippen LogP contribution in [0.25, 0.3) is 22.4 Å². The second kappa shape index (κ2) is 10.6. The van der Waals surface area contributed by atoms with Crippen LogP contribution in [0.1, 0.15) is 62.6 Å². The van der Waals surface area contributed by atoms with Gasteiger partial charge in [-0.05, 0) is 49.1 Å². The number of nitrogen functional groups attached to an aromatic ring is 1. The second-order valence-electron chi connectivity index (χ2n) is 10.1. The standard InChI is InChI=1S/C29H31ClN6O3/c1-3-4-5-6-15-36-21-16-19(30)12-13-20(21)24(35-36)27-32-25(31)23-26(33-27)34-28(39)29(23,2)18-10-7-17(8-11-18)9-14-22(37)38/h7-8,10-13,16H,3-6,9,14-15H2,1-2H3,(H,37,38)(H3,31,32,33,34,39)/t29-/m0/s1. The minimum Gasteiger partial charge on any atom is -0.481 e. The maximum absolute atomic E-state index is 13.3. The van der Waals surface area contributed by atoms with Crippen LogP contribution in [-0.2, 0) is 28.0 Å². The molecule has 3 heterocycles. The van der Waals surface area contributed by atoms with Crippen molar-refractivity contribution in [3.05, 3.63) is 64.2 Å². The SMILES string of the molecule is CCCCCCn1nc(-c2nc(N)c3c(n2)NC(=O)[C@@]3(C)c2ccc(CCC(=O)O)cc2)c2ccc(Cl)cc21. The highest BCUT2D eigenvalue weighted by molar-refractivity contribution is 6.31. The number of carbonyl (C=O) groups is 2. The van der Waals surface area contributed by atoms with Gasteiger partial charge < -0.3 is 16.2 Å². The van der Waals surface area contributed by atoms with E-state index in [-0.39, 0.29) is 18.1 Å². The van der Waals surface area contributed by atoms with E-state index in [1.807, 2.05) is 47.1 Å². The van der Waals surface area contributed by atoms with Gasteiger partial charge in [-0.15, -0.1) is 0 Å². The number of anilines is 2. The van der Waals surface area contributed by atoms with Gasteiger partial charge in [0.15, 0.2) is 5.82 Å². The van der Waals surface area contributed by atoms with Crippen molar-refractivity contribution in [2.24, 2.45) is 0 Å². The molecule has 0 aliphatic carbocycles. The van der Waals surface area contributed by atoms with Crippen LogP contribution in [0, 0.1) is 0 Å². The van der Waals surface area contributed by atoms with Gasteiger partial charge >= 0.3 is 5.97 Å². The molecule has 0 spiro atoms. The van der Waals surface area contributed by atoms with E-state index in [9.17, 15) is 9.59 Å². The van der Waals surface area contributed by atoms with Crippen molar-refractivity contribution in [2.45, 2.75) is 64.3 Å². The highest BCUT2D eigenvalue weighted by Gasteiger charge is 2.47. The molecule has 0 radical (unpaired) electrons. The Morgan fingerprint density at radius 2 is 1.90 bits per heavy atom. The molecule has 2 aromatic heterocycles. The normalized spacial score (nSPS) is 16.4. The molecule has 0 unspecified atom stereocenters. The first kappa shape index (κ1) is 26.6. The van der Waals surface area contributed by atoms with Crippen LogP contribution in [0.5, 0.6) is 0 Å². The van der Waals surface area contributed by atoms with Gasteiger partial charge in [0.1, 0.15) is 22.7 Å². The Morgan fingerprint density at radius 3 is 2.62 bits per heavy atom. The average molecular weight is 547 g/mol. The summed E-state index contributed by atoms with van der Waals surface area (Å²) in [7, 11) is 0. The molecule has 202 valence electrons. The van der Waals surface area contributed by atoms with E-state index in [0.717, 1.165) is 47.8 Å². The number of nitrogens with two attached hydrogens (primary N) is 1. The number of benzene rings is 2. The summed E-state index contributed by atoms with van der Waals surface area (Å²) in [6, 6.07) is 12.9. The zero-order valence-corrected chi connectivity index (χ0v) is 22.8. The van der Waals surface area contributed by atoms with Crippen molar-refractivity contribution in [1.29, 1.82) is 0 Å². The summed E-state index contributed by atoms with van der Waals surface area (Å²) in [5.74, 6) is -0.218. The molecule has 4 N–H and O–H groups in total. The number of halogens is 1. The van der Waals surface area contributed by atoms with E-state index >= 15 is 0 Å². The molecule has 5 rings (SSSR count). The van der Waals surface area contributed by atoms with Crippen LogP contribution in [0.2, 0.25) is 5.02 Å². The Bertz CT molecular complexity index is 1570. The maximum atomic E-state index is 13.3. The molecule has 1 aliphatic heterocycles. The summed E-state index contributed by atoms with van der Waals surface area (Å²) in [5, 5.41) is 18.2. The molecule has 0 fully saturated rings. The Kier molecular flexibility index (Phi) is 7.27. The Balaban J connectivity index is 1.52. The Labute approximate surface area is 231 Å². The highest BCUT2D eigenvalue weighted by Crippen LogP contribution is 2.45. The number of nitrogens with zero attached hydrogens (tertiary/aromatic N) is 4. The molecule has 1 atom stereocenters.